The van der Waals surface area contributed by atoms with Crippen molar-refractivity contribution in [1.82, 2.24) is 4.57 Å². The van der Waals surface area contributed by atoms with Gasteiger partial charge >= 0.3 is 0 Å². The van der Waals surface area contributed by atoms with Crippen LogP contribution in [-0.2, 0) is 21.8 Å². The Balaban J connectivity index is 2.41. The molecule has 1 aromatic carbocycles. The lowest BCUT2D eigenvalue weighted by atomic mass is 10.1. The molecule has 0 aliphatic rings. The molecule has 0 bridgehead atoms. The van der Waals surface area contributed by atoms with Crippen LogP contribution in [0, 0.1) is 0 Å². The van der Waals surface area contributed by atoms with Crippen LogP contribution in [0.5, 0.6) is 0 Å². The summed E-state index contributed by atoms with van der Waals surface area (Å²) in [5.41, 5.74) is 0.785. The summed E-state index contributed by atoms with van der Waals surface area (Å²) in [5.74, 6) is -0.966. The van der Waals surface area contributed by atoms with Crippen LogP contribution in [0.15, 0.2) is 59.5 Å². The monoisotopic (exact) mass is 259 g/mol. The van der Waals surface area contributed by atoms with Gasteiger partial charge < -0.3 is 14.0 Å². The number of hydrogen-bond donors (Lipinski definition) is 0. The van der Waals surface area contributed by atoms with Crippen LogP contribution in [0.3, 0.4) is 0 Å². The Hall–Kier alpha value is -1.91. The number of aromatic nitrogens is 1. The van der Waals surface area contributed by atoms with E-state index in [1.807, 2.05) is 36.4 Å². The van der Waals surface area contributed by atoms with E-state index >= 15 is 0 Å². The van der Waals surface area contributed by atoms with Crippen molar-refractivity contribution in [3.05, 3.63) is 70.6 Å². The van der Waals surface area contributed by atoms with E-state index in [2.05, 4.69) is 0 Å². The van der Waals surface area contributed by atoms with Gasteiger partial charge in [0.1, 0.15) is 0 Å². The number of benzene rings is 1. The van der Waals surface area contributed by atoms with Crippen molar-refractivity contribution in [1.29, 1.82) is 0 Å². The minimum Gasteiger partial charge on any atom is -0.348 e. The molecule has 4 nitrogen and oxygen atoms in total. The predicted octanol–water partition coefficient (Wildman–Crippen LogP) is 1.99. The number of rotatable bonds is 5. The van der Waals surface area contributed by atoms with E-state index in [-0.39, 0.29) is 5.56 Å². The van der Waals surface area contributed by atoms with E-state index in [1.165, 1.54) is 6.07 Å². The van der Waals surface area contributed by atoms with Crippen LogP contribution in [-0.4, -0.2) is 18.8 Å². The first-order valence-electron chi connectivity index (χ1n) is 6.03. The second-order valence-electron chi connectivity index (χ2n) is 4.19. The molecule has 100 valence electrons. The molecule has 0 amide bonds. The molecule has 0 radical (unpaired) electrons. The maximum atomic E-state index is 11.8. The third kappa shape index (κ3) is 2.75. The van der Waals surface area contributed by atoms with Gasteiger partial charge in [-0.2, -0.15) is 0 Å². The highest BCUT2D eigenvalue weighted by molar-refractivity contribution is 5.20. The Labute approximate surface area is 112 Å². The van der Waals surface area contributed by atoms with Gasteiger partial charge in [0.2, 0.25) is 5.79 Å². The van der Waals surface area contributed by atoms with E-state index in [4.69, 9.17) is 9.47 Å². The zero-order valence-electron chi connectivity index (χ0n) is 11.1. The lowest BCUT2D eigenvalue weighted by molar-refractivity contribution is -0.225. The standard InChI is InChI=1S/C15H17NO3/c1-18-15(19-2,13-8-4-3-5-9-13)12-16-11-7-6-10-14(16)17/h3-11H,12H2,1-2H3. The zero-order valence-corrected chi connectivity index (χ0v) is 11.1. The van der Waals surface area contributed by atoms with Crippen LogP contribution in [0.4, 0.5) is 0 Å². The first-order chi connectivity index (χ1) is 9.22. The Bertz CT molecular complexity index is 573. The second-order valence-corrected chi connectivity index (χ2v) is 4.19. The highest BCUT2D eigenvalue weighted by Gasteiger charge is 2.32. The highest BCUT2D eigenvalue weighted by Crippen LogP contribution is 2.27. The van der Waals surface area contributed by atoms with Crippen molar-refractivity contribution < 1.29 is 9.47 Å². The second kappa shape index (κ2) is 5.82. The van der Waals surface area contributed by atoms with Crippen molar-refractivity contribution in [2.75, 3.05) is 14.2 Å². The molecule has 0 saturated heterocycles. The maximum Gasteiger partial charge on any atom is 0.250 e. The van der Waals surface area contributed by atoms with E-state index in [0.717, 1.165) is 5.56 Å². The van der Waals surface area contributed by atoms with Crippen LogP contribution >= 0.6 is 0 Å². The van der Waals surface area contributed by atoms with E-state index < -0.39 is 5.79 Å². The normalized spacial score (nSPS) is 11.5. The van der Waals surface area contributed by atoms with Crippen LogP contribution in [0.1, 0.15) is 5.56 Å². The quantitative estimate of drug-likeness (QED) is 0.771. The molecule has 0 aliphatic carbocycles. The molecule has 1 heterocycles. The smallest absolute Gasteiger partial charge is 0.250 e. The van der Waals surface area contributed by atoms with Gasteiger partial charge in [0, 0.05) is 32.0 Å². The number of methoxy groups -OCH3 is 2. The Morgan fingerprint density at radius 1 is 1.00 bits per heavy atom. The summed E-state index contributed by atoms with van der Waals surface area (Å²) in [6, 6.07) is 14.6. The lowest BCUT2D eigenvalue weighted by Gasteiger charge is -2.31. The van der Waals surface area contributed by atoms with Crippen LogP contribution in [0.2, 0.25) is 0 Å². The van der Waals surface area contributed by atoms with Gasteiger partial charge in [-0.3, -0.25) is 4.79 Å². The fourth-order valence-electron chi connectivity index (χ4n) is 2.05. The summed E-state index contributed by atoms with van der Waals surface area (Å²) in [6.07, 6.45) is 1.72. The van der Waals surface area contributed by atoms with Crippen molar-refractivity contribution in [3.63, 3.8) is 0 Å². The highest BCUT2D eigenvalue weighted by atomic mass is 16.7. The maximum absolute atomic E-state index is 11.8. The third-order valence-electron chi connectivity index (χ3n) is 3.15. The van der Waals surface area contributed by atoms with E-state index in [9.17, 15) is 4.79 Å². The SMILES string of the molecule is COC(Cn1ccccc1=O)(OC)c1ccccc1. The first-order valence-corrected chi connectivity index (χ1v) is 6.03. The van der Waals surface area contributed by atoms with Gasteiger partial charge in [-0.25, -0.2) is 0 Å². The van der Waals surface area contributed by atoms with Gasteiger partial charge in [-0.05, 0) is 6.07 Å². The molecule has 0 atom stereocenters. The Kier molecular flexibility index (Phi) is 4.14. The molecule has 0 N–H and O–H groups in total. The molecular weight excluding hydrogens is 242 g/mol. The molecular formula is C15H17NO3. The van der Waals surface area contributed by atoms with Gasteiger partial charge in [-0.15, -0.1) is 0 Å². The summed E-state index contributed by atoms with van der Waals surface area (Å²) < 4.78 is 12.7. The predicted molar refractivity (Wildman–Crippen MR) is 72.8 cm³/mol. The minimum absolute atomic E-state index is 0.0862. The Morgan fingerprint density at radius 3 is 2.21 bits per heavy atom. The summed E-state index contributed by atoms with van der Waals surface area (Å²) in [7, 11) is 3.15. The fraction of sp³-hybridized carbons (Fsp3) is 0.267. The molecule has 0 saturated carbocycles. The Morgan fingerprint density at radius 2 is 1.63 bits per heavy atom. The number of pyridine rings is 1. The van der Waals surface area contributed by atoms with Crippen molar-refractivity contribution in [2.45, 2.75) is 12.3 Å². The average molecular weight is 259 g/mol. The third-order valence-corrected chi connectivity index (χ3v) is 3.15. The number of hydrogen-bond acceptors (Lipinski definition) is 3. The molecule has 2 rings (SSSR count). The molecule has 19 heavy (non-hydrogen) atoms. The molecule has 2 aromatic rings. The number of nitrogens with zero attached hydrogens (tertiary/aromatic N) is 1. The van der Waals surface area contributed by atoms with Gasteiger partial charge in [0.15, 0.2) is 0 Å². The minimum atomic E-state index is -0.966. The fourth-order valence-corrected chi connectivity index (χ4v) is 2.05. The molecule has 4 heteroatoms. The summed E-state index contributed by atoms with van der Waals surface area (Å²) in [5, 5.41) is 0. The summed E-state index contributed by atoms with van der Waals surface area (Å²) >= 11 is 0. The van der Waals surface area contributed by atoms with Crippen molar-refractivity contribution >= 4 is 0 Å². The largest absolute Gasteiger partial charge is 0.348 e. The molecule has 1 aromatic heterocycles. The zero-order chi connectivity index (χ0) is 13.7. The molecule has 0 aliphatic heterocycles. The topological polar surface area (TPSA) is 40.5 Å². The van der Waals surface area contributed by atoms with Gasteiger partial charge in [0.05, 0.1) is 6.54 Å². The summed E-state index contributed by atoms with van der Waals surface area (Å²) in [6.45, 7) is 0.295. The molecule has 0 unspecified atom stereocenters. The van der Waals surface area contributed by atoms with Gasteiger partial charge in [-0.1, -0.05) is 36.4 Å². The van der Waals surface area contributed by atoms with Gasteiger partial charge in [0.25, 0.3) is 5.56 Å². The van der Waals surface area contributed by atoms with E-state index in [1.54, 1.807) is 31.0 Å². The van der Waals surface area contributed by atoms with Crippen LogP contribution in [0.25, 0.3) is 0 Å². The summed E-state index contributed by atoms with van der Waals surface area (Å²) in [4.78, 5) is 11.8. The van der Waals surface area contributed by atoms with Crippen LogP contribution < -0.4 is 5.56 Å². The lowest BCUT2D eigenvalue weighted by Crippen LogP contribution is -2.38. The molecule has 0 fully saturated rings. The first kappa shape index (κ1) is 13.5. The van der Waals surface area contributed by atoms with E-state index in [0.29, 0.717) is 6.54 Å². The molecule has 0 spiro atoms. The average Bonchev–Trinajstić information content (AvgIpc) is 2.48. The van der Waals surface area contributed by atoms with Crippen molar-refractivity contribution in [3.8, 4) is 0 Å². The number of ether oxygens (including phenoxy) is 2. The van der Waals surface area contributed by atoms with Crippen molar-refractivity contribution in [2.24, 2.45) is 0 Å².